The van der Waals surface area contributed by atoms with Crippen LogP contribution < -0.4 is 0 Å². The lowest BCUT2D eigenvalue weighted by atomic mass is 10.1. The minimum atomic E-state index is -4.00. The van der Waals surface area contributed by atoms with Crippen LogP contribution in [0.25, 0.3) is 11.8 Å². The second-order valence-electron chi connectivity index (χ2n) is 7.13. The molecule has 30 heavy (non-hydrogen) atoms. The van der Waals surface area contributed by atoms with Gasteiger partial charge in [0.2, 0.25) is 9.84 Å². The molecule has 0 saturated carbocycles. The molecule has 0 radical (unpaired) electrons. The molecule has 154 valence electrons. The first-order valence-electron chi connectivity index (χ1n) is 9.26. The van der Waals surface area contributed by atoms with Crippen LogP contribution in [0.15, 0.2) is 64.4 Å². The van der Waals surface area contributed by atoms with Crippen LogP contribution in [0.1, 0.15) is 36.7 Å². The summed E-state index contributed by atoms with van der Waals surface area (Å²) in [5.41, 5.74) is 1.87. The van der Waals surface area contributed by atoms with Crippen molar-refractivity contribution in [2.45, 2.75) is 31.6 Å². The van der Waals surface area contributed by atoms with Crippen molar-refractivity contribution in [1.29, 1.82) is 5.26 Å². The molecule has 0 aliphatic heterocycles. The van der Waals surface area contributed by atoms with Crippen molar-refractivity contribution in [3.05, 3.63) is 88.1 Å². The number of sulfone groups is 1. The third-order valence-electron chi connectivity index (χ3n) is 4.80. The van der Waals surface area contributed by atoms with Crippen molar-refractivity contribution in [3.63, 3.8) is 0 Å². The molecule has 1 heterocycles. The molecule has 4 nitrogen and oxygen atoms in total. The Morgan fingerprint density at radius 3 is 2.33 bits per heavy atom. The molecule has 0 unspecified atom stereocenters. The Balaban J connectivity index is 2.21. The number of halogens is 2. The first-order valence-corrected chi connectivity index (χ1v) is 10.7. The van der Waals surface area contributed by atoms with Crippen molar-refractivity contribution in [1.82, 2.24) is 4.57 Å². The zero-order valence-corrected chi connectivity index (χ0v) is 17.5. The topological polar surface area (TPSA) is 62.9 Å². The van der Waals surface area contributed by atoms with Crippen LogP contribution in [0.3, 0.4) is 0 Å². The van der Waals surface area contributed by atoms with E-state index in [2.05, 4.69) is 0 Å². The Morgan fingerprint density at radius 1 is 1.10 bits per heavy atom. The van der Waals surface area contributed by atoms with Crippen molar-refractivity contribution >= 4 is 15.9 Å². The minimum Gasteiger partial charge on any atom is -0.315 e. The van der Waals surface area contributed by atoms with Crippen LogP contribution in [0.4, 0.5) is 8.78 Å². The molecule has 0 bridgehead atoms. The maximum atomic E-state index is 14.5. The van der Waals surface area contributed by atoms with E-state index in [0.29, 0.717) is 17.0 Å². The molecule has 0 N–H and O–H groups in total. The number of nitriles is 1. The summed E-state index contributed by atoms with van der Waals surface area (Å²) in [5, 5.41) is 9.55. The van der Waals surface area contributed by atoms with Gasteiger partial charge >= 0.3 is 0 Å². The average molecular weight is 426 g/mol. The molecule has 0 aliphatic carbocycles. The zero-order valence-electron chi connectivity index (χ0n) is 16.7. The highest BCUT2D eigenvalue weighted by molar-refractivity contribution is 7.95. The highest BCUT2D eigenvalue weighted by Crippen LogP contribution is 2.31. The summed E-state index contributed by atoms with van der Waals surface area (Å²) in [6, 6.07) is 14.5. The number of hydrogen-bond acceptors (Lipinski definition) is 3. The Bertz CT molecular complexity index is 1270. The fraction of sp³-hybridized carbons (Fsp3) is 0.174. The maximum Gasteiger partial charge on any atom is 0.216 e. The van der Waals surface area contributed by atoms with E-state index < -0.39 is 26.4 Å². The van der Waals surface area contributed by atoms with Gasteiger partial charge in [-0.3, -0.25) is 0 Å². The molecule has 0 saturated heterocycles. The van der Waals surface area contributed by atoms with Gasteiger partial charge in [-0.05, 0) is 54.8 Å². The Kier molecular flexibility index (Phi) is 5.90. The highest BCUT2D eigenvalue weighted by atomic mass is 32.2. The molecule has 0 aliphatic rings. The molecule has 0 fully saturated rings. The smallest absolute Gasteiger partial charge is 0.216 e. The monoisotopic (exact) mass is 426 g/mol. The van der Waals surface area contributed by atoms with Gasteiger partial charge in [0.05, 0.1) is 10.6 Å². The van der Waals surface area contributed by atoms with Gasteiger partial charge in [-0.2, -0.15) is 5.26 Å². The number of benzene rings is 2. The maximum absolute atomic E-state index is 14.5. The summed E-state index contributed by atoms with van der Waals surface area (Å²) in [6.45, 7) is 5.52. The van der Waals surface area contributed by atoms with Gasteiger partial charge < -0.3 is 4.57 Å². The largest absolute Gasteiger partial charge is 0.315 e. The number of hydrogen-bond donors (Lipinski definition) is 0. The third kappa shape index (κ3) is 3.91. The molecule has 1 aromatic heterocycles. The van der Waals surface area contributed by atoms with Crippen molar-refractivity contribution in [2.24, 2.45) is 0 Å². The quantitative estimate of drug-likeness (QED) is 0.504. The van der Waals surface area contributed by atoms with E-state index in [0.717, 1.165) is 12.1 Å². The van der Waals surface area contributed by atoms with Gasteiger partial charge in [0.25, 0.3) is 0 Å². The summed E-state index contributed by atoms with van der Waals surface area (Å²) in [4.78, 5) is -0.396. The minimum absolute atomic E-state index is 0.0172. The Morgan fingerprint density at radius 2 is 1.77 bits per heavy atom. The molecule has 3 rings (SSSR count). The number of aromatic nitrogens is 1. The van der Waals surface area contributed by atoms with E-state index >= 15 is 0 Å². The summed E-state index contributed by atoms with van der Waals surface area (Å²) >= 11 is 0. The fourth-order valence-corrected chi connectivity index (χ4v) is 4.41. The first kappa shape index (κ1) is 21.5. The van der Waals surface area contributed by atoms with E-state index in [-0.39, 0.29) is 16.5 Å². The van der Waals surface area contributed by atoms with Crippen molar-refractivity contribution < 1.29 is 17.2 Å². The van der Waals surface area contributed by atoms with E-state index in [9.17, 15) is 22.5 Å². The lowest BCUT2D eigenvalue weighted by Gasteiger charge is -2.15. The van der Waals surface area contributed by atoms with E-state index in [4.69, 9.17) is 0 Å². The standard InChI is InChI=1S/C23H20F2N2O2S/c1-15(2)23-12-17(16(3)27(23)22-10-9-18(24)13-21(22)25)11-20(14-26)30(28,29)19-7-5-4-6-8-19/h4-13,15H,1-3H3/b20-11+. The molecule has 2 aromatic carbocycles. The van der Waals surface area contributed by atoms with Gasteiger partial charge in [0, 0.05) is 17.5 Å². The molecular formula is C23H20F2N2O2S. The average Bonchev–Trinajstić information content (AvgIpc) is 3.03. The van der Waals surface area contributed by atoms with Crippen LogP contribution in [-0.2, 0) is 9.84 Å². The molecule has 0 amide bonds. The fourth-order valence-electron chi connectivity index (χ4n) is 3.24. The normalized spacial score (nSPS) is 12.2. The molecule has 0 atom stereocenters. The van der Waals surface area contributed by atoms with Crippen molar-refractivity contribution in [2.75, 3.05) is 0 Å². The van der Waals surface area contributed by atoms with Gasteiger partial charge in [0.15, 0.2) is 0 Å². The second-order valence-corrected chi connectivity index (χ2v) is 9.05. The number of nitrogens with zero attached hydrogens (tertiary/aromatic N) is 2. The Labute approximate surface area is 174 Å². The van der Waals surface area contributed by atoms with E-state index in [1.54, 1.807) is 41.8 Å². The summed E-state index contributed by atoms with van der Waals surface area (Å²) in [5.74, 6) is -1.46. The predicted octanol–water partition coefficient (Wildman–Crippen LogP) is 5.53. The molecular weight excluding hydrogens is 406 g/mol. The molecule has 7 heteroatoms. The van der Waals surface area contributed by atoms with Crippen LogP contribution in [-0.4, -0.2) is 13.0 Å². The van der Waals surface area contributed by atoms with Gasteiger partial charge in [0.1, 0.15) is 22.6 Å². The number of allylic oxidation sites excluding steroid dienone is 1. The van der Waals surface area contributed by atoms with Gasteiger partial charge in [-0.1, -0.05) is 32.0 Å². The highest BCUT2D eigenvalue weighted by Gasteiger charge is 2.23. The Hall–Kier alpha value is -3.24. The van der Waals surface area contributed by atoms with Crippen molar-refractivity contribution in [3.8, 4) is 11.8 Å². The van der Waals surface area contributed by atoms with Crippen LogP contribution in [0.2, 0.25) is 0 Å². The first-order chi connectivity index (χ1) is 14.2. The van der Waals surface area contributed by atoms with E-state index in [1.165, 1.54) is 24.3 Å². The van der Waals surface area contributed by atoms with Gasteiger partial charge in [-0.15, -0.1) is 0 Å². The van der Waals surface area contributed by atoms with Crippen LogP contribution in [0.5, 0.6) is 0 Å². The van der Waals surface area contributed by atoms with Gasteiger partial charge in [-0.25, -0.2) is 17.2 Å². The third-order valence-corrected chi connectivity index (χ3v) is 6.48. The summed E-state index contributed by atoms with van der Waals surface area (Å²) in [6.07, 6.45) is 1.29. The number of rotatable bonds is 5. The van der Waals surface area contributed by atoms with Crippen LogP contribution >= 0.6 is 0 Å². The SMILES string of the molecule is Cc1c(/C=C(\C#N)S(=O)(=O)c2ccccc2)cc(C(C)C)n1-c1ccc(F)cc1F. The van der Waals surface area contributed by atoms with Crippen LogP contribution in [0, 0.1) is 29.9 Å². The lowest BCUT2D eigenvalue weighted by molar-refractivity contribution is 0.574. The second kappa shape index (κ2) is 8.25. The zero-order chi connectivity index (χ0) is 22.1. The molecule has 0 spiro atoms. The summed E-state index contributed by atoms with van der Waals surface area (Å²) in [7, 11) is -4.00. The molecule has 3 aromatic rings. The summed E-state index contributed by atoms with van der Waals surface area (Å²) < 4.78 is 55.2. The lowest BCUT2D eigenvalue weighted by Crippen LogP contribution is -2.06. The van der Waals surface area contributed by atoms with E-state index in [1.807, 2.05) is 13.8 Å². The predicted molar refractivity (Wildman–Crippen MR) is 112 cm³/mol.